The van der Waals surface area contributed by atoms with Gasteiger partial charge in [-0.25, -0.2) is 0 Å². The predicted octanol–water partition coefficient (Wildman–Crippen LogP) is 2.51. The Bertz CT molecular complexity index is 775. The van der Waals surface area contributed by atoms with Crippen molar-refractivity contribution in [2.75, 3.05) is 20.2 Å². The fourth-order valence-electron chi connectivity index (χ4n) is 3.42. The van der Waals surface area contributed by atoms with Gasteiger partial charge in [0.1, 0.15) is 5.69 Å². The van der Waals surface area contributed by atoms with E-state index in [0.29, 0.717) is 5.69 Å². The number of methoxy groups -OCH3 is 1. The first-order valence-corrected chi connectivity index (χ1v) is 9.29. The summed E-state index contributed by atoms with van der Waals surface area (Å²) in [4.78, 5) is 24.8. The molecule has 1 aromatic carbocycles. The zero-order chi connectivity index (χ0) is 19.2. The minimum absolute atomic E-state index is 0. The van der Waals surface area contributed by atoms with Gasteiger partial charge in [0.15, 0.2) is 0 Å². The van der Waals surface area contributed by atoms with E-state index in [1.54, 1.807) is 13.0 Å². The molecular weight excluding hydrogens is 380 g/mol. The Morgan fingerprint density at radius 1 is 1.29 bits per heavy atom. The number of nitrogens with zero attached hydrogens (tertiary/aromatic N) is 2. The maximum absolute atomic E-state index is 12.8. The second-order valence-electron chi connectivity index (χ2n) is 6.85. The molecule has 1 aliphatic heterocycles. The summed E-state index contributed by atoms with van der Waals surface area (Å²) in [5, 5.41) is 10.7. The zero-order valence-corrected chi connectivity index (χ0v) is 16.9. The van der Waals surface area contributed by atoms with E-state index in [0.717, 1.165) is 31.5 Å². The largest absolute Gasteiger partial charge is 0.469 e. The van der Waals surface area contributed by atoms with E-state index in [1.807, 2.05) is 41.2 Å². The molecule has 0 spiro atoms. The molecule has 1 aliphatic rings. The van der Waals surface area contributed by atoms with Gasteiger partial charge in [0.25, 0.3) is 5.91 Å². The Morgan fingerprint density at radius 2 is 2.04 bits per heavy atom. The van der Waals surface area contributed by atoms with Gasteiger partial charge in [-0.05, 0) is 37.9 Å². The summed E-state index contributed by atoms with van der Waals surface area (Å²) < 4.78 is 6.72. The van der Waals surface area contributed by atoms with Crippen LogP contribution in [-0.2, 0) is 9.53 Å². The second kappa shape index (κ2) is 10.2. The first-order chi connectivity index (χ1) is 13.1. The lowest BCUT2D eigenvalue weighted by molar-refractivity contribution is -0.145. The second-order valence-corrected chi connectivity index (χ2v) is 6.85. The number of ether oxygens (including phenoxy) is 1. The van der Waals surface area contributed by atoms with E-state index in [9.17, 15) is 9.59 Å². The monoisotopic (exact) mass is 406 g/mol. The van der Waals surface area contributed by atoms with Gasteiger partial charge in [0.05, 0.1) is 25.1 Å². The predicted molar refractivity (Wildman–Crippen MR) is 108 cm³/mol. The van der Waals surface area contributed by atoms with Crippen molar-refractivity contribution in [3.05, 3.63) is 53.9 Å². The molecule has 0 radical (unpaired) electrons. The van der Waals surface area contributed by atoms with Gasteiger partial charge in [-0.1, -0.05) is 30.3 Å². The number of halogens is 1. The zero-order valence-electron chi connectivity index (χ0n) is 16.1. The van der Waals surface area contributed by atoms with Gasteiger partial charge in [-0.3, -0.25) is 14.3 Å². The number of hydrogen-bond acceptors (Lipinski definition) is 5. The van der Waals surface area contributed by atoms with Gasteiger partial charge in [0.2, 0.25) is 0 Å². The highest BCUT2D eigenvalue weighted by molar-refractivity contribution is 5.92. The van der Waals surface area contributed by atoms with Gasteiger partial charge >= 0.3 is 5.97 Å². The highest BCUT2D eigenvalue weighted by Gasteiger charge is 2.29. The Balaban J connectivity index is 0.00000280. The SMILES string of the molecule is COC(=O)C(C)C(NC(=O)c1ccn(C2CCCNC2)n1)c1ccccc1.Cl. The molecule has 1 saturated heterocycles. The van der Waals surface area contributed by atoms with Crippen LogP contribution in [0.3, 0.4) is 0 Å². The topological polar surface area (TPSA) is 85.2 Å². The summed E-state index contributed by atoms with van der Waals surface area (Å²) in [5.74, 6) is -1.20. The van der Waals surface area contributed by atoms with Gasteiger partial charge in [-0.2, -0.15) is 5.10 Å². The minimum Gasteiger partial charge on any atom is -0.469 e. The summed E-state index contributed by atoms with van der Waals surface area (Å²) in [6.45, 7) is 3.63. The first kappa shape index (κ1) is 21.9. The molecule has 2 aromatic rings. The van der Waals surface area contributed by atoms with E-state index in [2.05, 4.69) is 15.7 Å². The summed E-state index contributed by atoms with van der Waals surface area (Å²) in [5.41, 5.74) is 1.19. The van der Waals surface area contributed by atoms with Crippen molar-refractivity contribution in [3.63, 3.8) is 0 Å². The van der Waals surface area contributed by atoms with Crippen molar-refractivity contribution in [2.24, 2.45) is 5.92 Å². The maximum atomic E-state index is 12.8. The molecule has 152 valence electrons. The van der Waals surface area contributed by atoms with Gasteiger partial charge < -0.3 is 15.4 Å². The van der Waals surface area contributed by atoms with Crippen LogP contribution in [0, 0.1) is 5.92 Å². The first-order valence-electron chi connectivity index (χ1n) is 9.29. The number of carbonyl (C=O) groups excluding carboxylic acids is 2. The average Bonchev–Trinajstić information content (AvgIpc) is 3.22. The molecule has 0 bridgehead atoms. The molecule has 2 N–H and O–H groups in total. The maximum Gasteiger partial charge on any atom is 0.310 e. The molecule has 3 rings (SSSR count). The standard InChI is InChI=1S/C20H26N4O3.ClH/c1-14(20(26)27-2)18(15-7-4-3-5-8-15)22-19(25)17-10-12-24(23-17)16-9-6-11-21-13-16;/h3-5,7-8,10,12,14,16,18,21H,6,9,11,13H2,1-2H3,(H,22,25);1H. The lowest BCUT2D eigenvalue weighted by Gasteiger charge is -2.24. The molecule has 0 aliphatic carbocycles. The lowest BCUT2D eigenvalue weighted by atomic mass is 9.94. The van der Waals surface area contributed by atoms with E-state index in [4.69, 9.17) is 4.74 Å². The molecule has 1 amide bonds. The van der Waals surface area contributed by atoms with E-state index in [-0.39, 0.29) is 30.3 Å². The molecule has 7 nitrogen and oxygen atoms in total. The molecular formula is C20H27ClN4O3. The molecule has 1 fully saturated rings. The molecule has 1 aromatic heterocycles. The molecule has 0 saturated carbocycles. The normalized spacial score (nSPS) is 18.4. The van der Waals surface area contributed by atoms with Crippen LogP contribution in [0.1, 0.15) is 47.9 Å². The number of rotatable bonds is 6. The number of amides is 1. The van der Waals surface area contributed by atoms with Crippen molar-refractivity contribution in [1.82, 2.24) is 20.4 Å². The van der Waals surface area contributed by atoms with Crippen LogP contribution in [0.4, 0.5) is 0 Å². The van der Waals surface area contributed by atoms with Crippen LogP contribution in [0.2, 0.25) is 0 Å². The summed E-state index contributed by atoms with van der Waals surface area (Å²) in [6.07, 6.45) is 3.98. The number of esters is 1. The average molecular weight is 407 g/mol. The third-order valence-electron chi connectivity index (χ3n) is 5.00. The molecule has 2 heterocycles. The van der Waals surface area contributed by atoms with Crippen molar-refractivity contribution in [3.8, 4) is 0 Å². The van der Waals surface area contributed by atoms with Crippen molar-refractivity contribution in [2.45, 2.75) is 31.8 Å². The van der Waals surface area contributed by atoms with Crippen LogP contribution < -0.4 is 10.6 Å². The molecule has 3 unspecified atom stereocenters. The number of hydrogen-bond donors (Lipinski definition) is 2. The molecule has 3 atom stereocenters. The highest BCUT2D eigenvalue weighted by atomic mass is 35.5. The van der Waals surface area contributed by atoms with Crippen molar-refractivity contribution in [1.29, 1.82) is 0 Å². The van der Waals surface area contributed by atoms with Crippen molar-refractivity contribution >= 4 is 24.3 Å². The van der Waals surface area contributed by atoms with E-state index < -0.39 is 12.0 Å². The molecule has 28 heavy (non-hydrogen) atoms. The smallest absolute Gasteiger partial charge is 0.310 e. The minimum atomic E-state index is -0.522. The third-order valence-corrected chi connectivity index (χ3v) is 5.00. The summed E-state index contributed by atoms with van der Waals surface area (Å²) >= 11 is 0. The summed E-state index contributed by atoms with van der Waals surface area (Å²) in [7, 11) is 1.35. The van der Waals surface area contributed by atoms with Crippen LogP contribution in [0.25, 0.3) is 0 Å². The van der Waals surface area contributed by atoms with Crippen molar-refractivity contribution < 1.29 is 14.3 Å². The lowest BCUT2D eigenvalue weighted by Crippen LogP contribution is -2.36. The van der Waals surface area contributed by atoms with Crippen LogP contribution in [-0.4, -0.2) is 41.9 Å². The fourth-order valence-corrected chi connectivity index (χ4v) is 3.42. The number of piperidine rings is 1. The van der Waals surface area contributed by atoms with Gasteiger partial charge in [0, 0.05) is 12.7 Å². The quantitative estimate of drug-likeness (QED) is 0.720. The third kappa shape index (κ3) is 5.11. The Kier molecular flexibility index (Phi) is 8.02. The number of nitrogens with one attached hydrogen (secondary N) is 2. The van der Waals surface area contributed by atoms with Crippen LogP contribution in [0.15, 0.2) is 42.6 Å². The molecule has 8 heteroatoms. The Hall–Kier alpha value is -2.38. The van der Waals surface area contributed by atoms with Crippen LogP contribution in [0.5, 0.6) is 0 Å². The number of benzene rings is 1. The van der Waals surface area contributed by atoms with Crippen LogP contribution >= 0.6 is 12.4 Å². The number of aromatic nitrogens is 2. The Morgan fingerprint density at radius 3 is 2.68 bits per heavy atom. The van der Waals surface area contributed by atoms with Gasteiger partial charge in [-0.15, -0.1) is 12.4 Å². The Labute approximate surface area is 171 Å². The summed E-state index contributed by atoms with van der Waals surface area (Å²) in [6, 6.07) is 10.9. The van der Waals surface area contributed by atoms with E-state index in [1.165, 1.54) is 7.11 Å². The number of carbonyl (C=O) groups is 2. The highest BCUT2D eigenvalue weighted by Crippen LogP contribution is 2.24. The van der Waals surface area contributed by atoms with E-state index >= 15 is 0 Å². The fraction of sp³-hybridized carbons (Fsp3) is 0.450.